The predicted octanol–water partition coefficient (Wildman–Crippen LogP) is 2.62. The van der Waals surface area contributed by atoms with Gasteiger partial charge in [-0.05, 0) is 25.2 Å². The first-order valence-corrected chi connectivity index (χ1v) is 7.35. The van der Waals surface area contributed by atoms with Crippen LogP contribution in [0.5, 0.6) is 0 Å². The van der Waals surface area contributed by atoms with Gasteiger partial charge in [0.1, 0.15) is 6.10 Å². The Morgan fingerprint density at radius 3 is 2.89 bits per heavy atom. The molecule has 3 atom stereocenters. The first-order valence-electron chi connectivity index (χ1n) is 7.35. The fourth-order valence-electron chi connectivity index (χ4n) is 2.81. The molecule has 1 aliphatic carbocycles. The van der Waals surface area contributed by atoms with Crippen LogP contribution < -0.4 is 5.73 Å². The molecule has 0 bridgehead atoms. The molecule has 1 heterocycles. The Morgan fingerprint density at radius 2 is 2.21 bits per heavy atom. The van der Waals surface area contributed by atoms with Crippen LogP contribution in [-0.2, 0) is 11.2 Å². The van der Waals surface area contributed by atoms with Crippen molar-refractivity contribution in [1.82, 2.24) is 10.1 Å². The zero-order valence-corrected chi connectivity index (χ0v) is 12.0. The second-order valence-electron chi connectivity index (χ2n) is 5.47. The van der Waals surface area contributed by atoms with E-state index in [0.29, 0.717) is 17.6 Å². The van der Waals surface area contributed by atoms with Crippen LogP contribution >= 0.6 is 0 Å². The van der Waals surface area contributed by atoms with Crippen molar-refractivity contribution < 1.29 is 9.26 Å². The highest BCUT2D eigenvalue weighted by Crippen LogP contribution is 2.26. The molecule has 2 rings (SSSR count). The molecule has 0 amide bonds. The van der Waals surface area contributed by atoms with Gasteiger partial charge in [-0.1, -0.05) is 31.3 Å². The molecule has 1 saturated carbocycles. The standard InChI is InChI=1S/C14H25N3O2/c1-3-6-12(18-2)14-16-13(19-17-14)9-10-7-4-5-8-11(10)15/h10-12H,3-9,15H2,1-2H3. The van der Waals surface area contributed by atoms with Crippen molar-refractivity contribution in [3.05, 3.63) is 11.7 Å². The number of ether oxygens (including phenoxy) is 1. The predicted molar refractivity (Wildman–Crippen MR) is 72.6 cm³/mol. The Balaban J connectivity index is 1.96. The normalized spacial score (nSPS) is 25.4. The van der Waals surface area contributed by atoms with Crippen LogP contribution in [0.25, 0.3) is 0 Å². The molecule has 1 fully saturated rings. The van der Waals surface area contributed by atoms with E-state index in [-0.39, 0.29) is 12.1 Å². The molecule has 19 heavy (non-hydrogen) atoms. The Morgan fingerprint density at radius 1 is 1.42 bits per heavy atom. The molecular weight excluding hydrogens is 242 g/mol. The van der Waals surface area contributed by atoms with E-state index in [1.165, 1.54) is 19.3 Å². The van der Waals surface area contributed by atoms with Gasteiger partial charge in [-0.15, -0.1) is 0 Å². The number of rotatable bonds is 6. The summed E-state index contributed by atoms with van der Waals surface area (Å²) >= 11 is 0. The fourth-order valence-corrected chi connectivity index (χ4v) is 2.81. The molecule has 0 saturated heterocycles. The summed E-state index contributed by atoms with van der Waals surface area (Å²) in [4.78, 5) is 4.47. The van der Waals surface area contributed by atoms with Crippen LogP contribution in [0.1, 0.15) is 63.3 Å². The maximum Gasteiger partial charge on any atom is 0.227 e. The lowest BCUT2D eigenvalue weighted by Gasteiger charge is -2.27. The summed E-state index contributed by atoms with van der Waals surface area (Å²) < 4.78 is 10.7. The zero-order chi connectivity index (χ0) is 13.7. The Labute approximate surface area is 114 Å². The second-order valence-corrected chi connectivity index (χ2v) is 5.47. The largest absolute Gasteiger partial charge is 0.373 e. The summed E-state index contributed by atoms with van der Waals surface area (Å²) in [5.74, 6) is 1.86. The van der Waals surface area contributed by atoms with Crippen LogP contribution in [0.2, 0.25) is 0 Å². The topological polar surface area (TPSA) is 74.2 Å². The first kappa shape index (κ1) is 14.5. The molecule has 5 nitrogen and oxygen atoms in total. The number of hydrogen-bond acceptors (Lipinski definition) is 5. The van der Waals surface area contributed by atoms with Gasteiger partial charge < -0.3 is 15.0 Å². The van der Waals surface area contributed by atoms with Gasteiger partial charge in [-0.2, -0.15) is 4.98 Å². The minimum Gasteiger partial charge on any atom is -0.373 e. The minimum absolute atomic E-state index is 0.0532. The van der Waals surface area contributed by atoms with Crippen LogP contribution in [0.4, 0.5) is 0 Å². The van der Waals surface area contributed by atoms with Crippen molar-refractivity contribution in [2.45, 2.75) is 64.0 Å². The minimum atomic E-state index is -0.0532. The Kier molecular flexibility index (Phi) is 5.34. The molecule has 5 heteroatoms. The van der Waals surface area contributed by atoms with Gasteiger partial charge >= 0.3 is 0 Å². The number of methoxy groups -OCH3 is 1. The molecule has 0 aromatic carbocycles. The molecule has 0 radical (unpaired) electrons. The maximum atomic E-state index is 6.15. The van der Waals surface area contributed by atoms with Crippen molar-refractivity contribution in [2.24, 2.45) is 11.7 Å². The van der Waals surface area contributed by atoms with E-state index in [1.807, 2.05) is 0 Å². The summed E-state index contributed by atoms with van der Waals surface area (Å²) in [6.45, 7) is 2.12. The highest BCUT2D eigenvalue weighted by molar-refractivity contribution is 4.94. The SMILES string of the molecule is CCCC(OC)c1noc(CC2CCCCC2N)n1. The van der Waals surface area contributed by atoms with Gasteiger partial charge in [-0.3, -0.25) is 0 Å². The molecule has 0 spiro atoms. The summed E-state index contributed by atoms with van der Waals surface area (Å²) in [7, 11) is 1.69. The molecule has 1 aromatic rings. The average Bonchev–Trinajstić information content (AvgIpc) is 2.87. The quantitative estimate of drug-likeness (QED) is 0.857. The Hall–Kier alpha value is -0.940. The first-order chi connectivity index (χ1) is 9.24. The zero-order valence-electron chi connectivity index (χ0n) is 12.0. The third kappa shape index (κ3) is 3.76. The van der Waals surface area contributed by atoms with Crippen LogP contribution in [0.3, 0.4) is 0 Å². The van der Waals surface area contributed by atoms with Crippen molar-refractivity contribution >= 4 is 0 Å². The van der Waals surface area contributed by atoms with Gasteiger partial charge in [0.25, 0.3) is 0 Å². The van der Waals surface area contributed by atoms with E-state index in [1.54, 1.807) is 7.11 Å². The Bertz CT molecular complexity index is 381. The average molecular weight is 267 g/mol. The summed E-state index contributed by atoms with van der Waals surface area (Å²) in [5, 5.41) is 4.04. The van der Waals surface area contributed by atoms with Gasteiger partial charge in [0.2, 0.25) is 11.7 Å². The van der Waals surface area contributed by atoms with Crippen LogP contribution in [-0.4, -0.2) is 23.3 Å². The lowest BCUT2D eigenvalue weighted by molar-refractivity contribution is 0.0854. The molecule has 1 aromatic heterocycles. The lowest BCUT2D eigenvalue weighted by atomic mass is 9.83. The molecule has 0 aliphatic heterocycles. The van der Waals surface area contributed by atoms with Crippen LogP contribution in [0, 0.1) is 5.92 Å². The maximum absolute atomic E-state index is 6.15. The van der Waals surface area contributed by atoms with E-state index in [2.05, 4.69) is 17.1 Å². The molecule has 2 N–H and O–H groups in total. The van der Waals surface area contributed by atoms with Gasteiger partial charge in [0, 0.05) is 19.6 Å². The highest BCUT2D eigenvalue weighted by atomic mass is 16.5. The van der Waals surface area contributed by atoms with E-state index < -0.39 is 0 Å². The van der Waals surface area contributed by atoms with Crippen molar-refractivity contribution in [3.63, 3.8) is 0 Å². The third-order valence-electron chi connectivity index (χ3n) is 4.01. The van der Waals surface area contributed by atoms with Gasteiger partial charge in [-0.25, -0.2) is 0 Å². The van der Waals surface area contributed by atoms with Crippen molar-refractivity contribution in [3.8, 4) is 0 Å². The van der Waals surface area contributed by atoms with Crippen molar-refractivity contribution in [1.29, 1.82) is 0 Å². The summed E-state index contributed by atoms with van der Waals surface area (Å²) in [5.41, 5.74) is 6.15. The number of hydrogen-bond donors (Lipinski definition) is 1. The fraction of sp³-hybridized carbons (Fsp3) is 0.857. The molecular formula is C14H25N3O2. The van der Waals surface area contributed by atoms with Crippen LogP contribution in [0.15, 0.2) is 4.52 Å². The molecule has 108 valence electrons. The van der Waals surface area contributed by atoms with E-state index in [9.17, 15) is 0 Å². The van der Waals surface area contributed by atoms with E-state index in [0.717, 1.165) is 25.7 Å². The van der Waals surface area contributed by atoms with Gasteiger partial charge in [0.05, 0.1) is 0 Å². The molecule has 3 unspecified atom stereocenters. The third-order valence-corrected chi connectivity index (χ3v) is 4.01. The number of nitrogens with zero attached hydrogens (tertiary/aromatic N) is 2. The second kappa shape index (κ2) is 7.01. The highest BCUT2D eigenvalue weighted by Gasteiger charge is 2.25. The van der Waals surface area contributed by atoms with E-state index >= 15 is 0 Å². The number of aromatic nitrogens is 2. The van der Waals surface area contributed by atoms with Crippen molar-refractivity contribution in [2.75, 3.05) is 7.11 Å². The summed E-state index contributed by atoms with van der Waals surface area (Å²) in [6.07, 6.45) is 7.49. The van der Waals surface area contributed by atoms with E-state index in [4.69, 9.17) is 15.0 Å². The monoisotopic (exact) mass is 267 g/mol. The number of nitrogens with two attached hydrogens (primary N) is 1. The summed E-state index contributed by atoms with van der Waals surface area (Å²) in [6, 6.07) is 0.276. The van der Waals surface area contributed by atoms with Gasteiger partial charge in [0.15, 0.2) is 0 Å². The smallest absolute Gasteiger partial charge is 0.227 e. The molecule has 1 aliphatic rings. The lowest BCUT2D eigenvalue weighted by Crippen LogP contribution is -2.34.